The highest BCUT2D eigenvalue weighted by atomic mass is 19.1. The van der Waals surface area contributed by atoms with Gasteiger partial charge in [0.15, 0.2) is 0 Å². The van der Waals surface area contributed by atoms with Crippen LogP contribution in [0.15, 0.2) is 18.2 Å². The first kappa shape index (κ1) is 11.7. The molecule has 0 radical (unpaired) electrons. The van der Waals surface area contributed by atoms with Crippen molar-refractivity contribution < 1.29 is 19.1 Å². The molecule has 3 N–H and O–H groups in total. The van der Waals surface area contributed by atoms with Gasteiger partial charge in [0.05, 0.1) is 12.0 Å². The fourth-order valence-electron chi connectivity index (χ4n) is 1.08. The molecule has 1 aromatic rings. The minimum absolute atomic E-state index is 0.0439. The predicted octanol–water partition coefficient (Wildman–Crippen LogP) is 0.290. The molecule has 0 aliphatic rings. The van der Waals surface area contributed by atoms with Crippen molar-refractivity contribution in [3.05, 3.63) is 35.1 Å². The van der Waals surface area contributed by atoms with Gasteiger partial charge < -0.3 is 10.8 Å². The molecule has 1 aromatic carbocycles. The Balaban J connectivity index is 3.05. The molecule has 0 bridgehead atoms. The number of benzene rings is 1. The van der Waals surface area contributed by atoms with Gasteiger partial charge >= 0.3 is 5.97 Å². The van der Waals surface area contributed by atoms with Crippen LogP contribution in [0, 0.1) is 17.7 Å². The average molecular weight is 221 g/mol. The number of hydrogen-bond donors (Lipinski definition) is 2. The minimum atomic E-state index is -1.03. The summed E-state index contributed by atoms with van der Waals surface area (Å²) < 4.78 is 13.2. The molecule has 82 valence electrons. The number of amides is 1. The summed E-state index contributed by atoms with van der Waals surface area (Å²) in [5.41, 5.74) is 5.14. The zero-order chi connectivity index (χ0) is 12.1. The Morgan fingerprint density at radius 1 is 1.44 bits per heavy atom. The zero-order valence-electron chi connectivity index (χ0n) is 8.16. The van der Waals surface area contributed by atoms with Crippen molar-refractivity contribution in [2.75, 3.05) is 0 Å². The summed E-state index contributed by atoms with van der Waals surface area (Å²) in [7, 11) is 0. The van der Waals surface area contributed by atoms with Crippen LogP contribution in [0.5, 0.6) is 0 Å². The number of carbonyl (C=O) groups excluding carboxylic acids is 1. The number of halogens is 1. The average Bonchev–Trinajstić information content (AvgIpc) is 2.18. The van der Waals surface area contributed by atoms with Crippen LogP contribution in [0.4, 0.5) is 4.39 Å². The summed E-state index contributed by atoms with van der Waals surface area (Å²) in [5.74, 6) is 1.70. The van der Waals surface area contributed by atoms with Crippen molar-refractivity contribution in [2.45, 2.75) is 6.42 Å². The van der Waals surface area contributed by atoms with Gasteiger partial charge in [-0.15, -0.1) is 0 Å². The van der Waals surface area contributed by atoms with E-state index >= 15 is 0 Å². The summed E-state index contributed by atoms with van der Waals surface area (Å²) >= 11 is 0. The number of carboxylic acid groups (broad SMARTS) is 1. The van der Waals surface area contributed by atoms with Gasteiger partial charge in [0, 0.05) is 5.92 Å². The van der Waals surface area contributed by atoms with Crippen LogP contribution in [0.3, 0.4) is 0 Å². The van der Waals surface area contributed by atoms with E-state index in [0.29, 0.717) is 5.56 Å². The zero-order valence-corrected chi connectivity index (χ0v) is 8.16. The van der Waals surface area contributed by atoms with Crippen LogP contribution >= 0.6 is 0 Å². The highest BCUT2D eigenvalue weighted by Crippen LogP contribution is 2.10. The SMILES string of the molecule is NC(=O)C#Cc1cc(CC(=O)O)ccc1F. The minimum Gasteiger partial charge on any atom is -0.481 e. The molecular weight excluding hydrogens is 213 g/mol. The van der Waals surface area contributed by atoms with Gasteiger partial charge in [-0.05, 0) is 17.7 Å². The second kappa shape index (κ2) is 4.94. The number of carboxylic acids is 1. The maximum absolute atomic E-state index is 13.2. The van der Waals surface area contributed by atoms with E-state index in [1.807, 2.05) is 5.92 Å². The third kappa shape index (κ3) is 3.42. The number of hydrogen-bond acceptors (Lipinski definition) is 2. The highest BCUT2D eigenvalue weighted by molar-refractivity contribution is 5.92. The number of primary amides is 1. The van der Waals surface area contributed by atoms with Gasteiger partial charge in [-0.25, -0.2) is 4.39 Å². The molecule has 0 heterocycles. The summed E-state index contributed by atoms with van der Waals surface area (Å²) in [4.78, 5) is 20.8. The Labute approximate surface area is 90.9 Å². The molecule has 0 aromatic heterocycles. The van der Waals surface area contributed by atoms with E-state index in [-0.39, 0.29) is 12.0 Å². The van der Waals surface area contributed by atoms with Crippen LogP contribution in [0.2, 0.25) is 0 Å². The molecule has 1 amide bonds. The van der Waals surface area contributed by atoms with Crippen LogP contribution < -0.4 is 5.73 Å². The van der Waals surface area contributed by atoms with Crippen molar-refractivity contribution in [2.24, 2.45) is 5.73 Å². The van der Waals surface area contributed by atoms with Crippen molar-refractivity contribution >= 4 is 11.9 Å². The third-order valence-corrected chi connectivity index (χ3v) is 1.71. The van der Waals surface area contributed by atoms with Crippen LogP contribution in [-0.2, 0) is 16.0 Å². The highest BCUT2D eigenvalue weighted by Gasteiger charge is 2.04. The van der Waals surface area contributed by atoms with Gasteiger partial charge in [-0.2, -0.15) is 0 Å². The smallest absolute Gasteiger partial charge is 0.307 e. The van der Waals surface area contributed by atoms with Crippen LogP contribution in [0.1, 0.15) is 11.1 Å². The summed E-state index contributed by atoms with van der Waals surface area (Å²) in [6, 6.07) is 3.72. The Hall–Kier alpha value is -2.35. The van der Waals surface area contributed by atoms with Gasteiger partial charge in [-0.1, -0.05) is 12.0 Å². The molecular formula is C11H8FNO3. The van der Waals surface area contributed by atoms with E-state index in [9.17, 15) is 14.0 Å². The number of nitrogens with two attached hydrogens (primary N) is 1. The first-order chi connectivity index (χ1) is 7.49. The molecule has 5 heteroatoms. The molecule has 1 rings (SSSR count). The lowest BCUT2D eigenvalue weighted by Gasteiger charge is -1.99. The maximum atomic E-state index is 13.2. The van der Waals surface area contributed by atoms with Crippen molar-refractivity contribution in [3.63, 3.8) is 0 Å². The standard InChI is InChI=1S/C11H8FNO3/c12-9-3-1-7(6-11(15)16)5-8(9)2-4-10(13)14/h1,3,5H,6H2,(H2,13,14)(H,15,16). The molecule has 0 aliphatic carbocycles. The summed E-state index contributed by atoms with van der Waals surface area (Å²) in [6.07, 6.45) is -0.231. The van der Waals surface area contributed by atoms with Gasteiger partial charge in [-0.3, -0.25) is 9.59 Å². The maximum Gasteiger partial charge on any atom is 0.307 e. The first-order valence-corrected chi connectivity index (χ1v) is 4.30. The number of carbonyl (C=O) groups is 2. The Morgan fingerprint density at radius 3 is 2.69 bits per heavy atom. The molecule has 0 saturated heterocycles. The summed E-state index contributed by atoms with van der Waals surface area (Å²) in [5, 5.41) is 8.54. The Kier molecular flexibility index (Phi) is 3.62. The lowest BCUT2D eigenvalue weighted by Crippen LogP contribution is -2.06. The lowest BCUT2D eigenvalue weighted by atomic mass is 10.1. The van der Waals surface area contributed by atoms with E-state index in [2.05, 4.69) is 5.92 Å². The van der Waals surface area contributed by atoms with Crippen LogP contribution in [-0.4, -0.2) is 17.0 Å². The van der Waals surface area contributed by atoms with Gasteiger partial charge in [0.1, 0.15) is 5.82 Å². The molecule has 4 nitrogen and oxygen atoms in total. The number of rotatable bonds is 2. The van der Waals surface area contributed by atoms with Crippen LogP contribution in [0.25, 0.3) is 0 Å². The first-order valence-electron chi connectivity index (χ1n) is 4.30. The molecule has 0 fully saturated rings. The monoisotopic (exact) mass is 221 g/mol. The van der Waals surface area contributed by atoms with Crippen molar-refractivity contribution in [1.29, 1.82) is 0 Å². The van der Waals surface area contributed by atoms with E-state index in [1.165, 1.54) is 12.1 Å². The summed E-state index contributed by atoms with van der Waals surface area (Å²) in [6.45, 7) is 0. The third-order valence-electron chi connectivity index (χ3n) is 1.71. The predicted molar refractivity (Wildman–Crippen MR) is 53.8 cm³/mol. The Bertz CT molecular complexity index is 500. The van der Waals surface area contributed by atoms with E-state index in [4.69, 9.17) is 10.8 Å². The molecule has 16 heavy (non-hydrogen) atoms. The second-order valence-corrected chi connectivity index (χ2v) is 3.00. The largest absolute Gasteiger partial charge is 0.481 e. The number of aliphatic carboxylic acids is 1. The lowest BCUT2D eigenvalue weighted by molar-refractivity contribution is -0.136. The topological polar surface area (TPSA) is 80.4 Å². The van der Waals surface area contributed by atoms with E-state index in [1.54, 1.807) is 0 Å². The molecule has 0 aliphatic heterocycles. The molecule has 0 unspecified atom stereocenters. The fourth-order valence-corrected chi connectivity index (χ4v) is 1.08. The van der Waals surface area contributed by atoms with Gasteiger partial charge in [0.2, 0.25) is 0 Å². The normalized spacial score (nSPS) is 9.06. The second-order valence-electron chi connectivity index (χ2n) is 3.00. The Morgan fingerprint density at radius 2 is 2.12 bits per heavy atom. The van der Waals surface area contributed by atoms with Crippen molar-refractivity contribution in [1.82, 2.24) is 0 Å². The molecule has 0 atom stereocenters. The van der Waals surface area contributed by atoms with Crippen molar-refractivity contribution in [3.8, 4) is 11.8 Å². The van der Waals surface area contributed by atoms with E-state index in [0.717, 1.165) is 6.07 Å². The van der Waals surface area contributed by atoms with E-state index < -0.39 is 17.7 Å². The quantitative estimate of drug-likeness (QED) is 0.704. The van der Waals surface area contributed by atoms with Gasteiger partial charge in [0.25, 0.3) is 5.91 Å². The molecule has 0 saturated carbocycles. The fraction of sp³-hybridized carbons (Fsp3) is 0.0909. The molecule has 0 spiro atoms.